The summed E-state index contributed by atoms with van der Waals surface area (Å²) < 4.78 is 10.8. The molecule has 0 bridgehead atoms. The van der Waals surface area contributed by atoms with Gasteiger partial charge in [-0.25, -0.2) is 0 Å². The van der Waals surface area contributed by atoms with Crippen LogP contribution >= 0.6 is 0 Å². The van der Waals surface area contributed by atoms with E-state index in [0.29, 0.717) is 13.1 Å². The molecule has 0 aliphatic rings. The van der Waals surface area contributed by atoms with Crippen molar-refractivity contribution in [3.63, 3.8) is 0 Å². The lowest BCUT2D eigenvalue weighted by molar-refractivity contribution is 0.0547. The summed E-state index contributed by atoms with van der Waals surface area (Å²) in [4.78, 5) is 0. The van der Waals surface area contributed by atoms with Crippen molar-refractivity contribution in [1.82, 2.24) is 5.32 Å². The highest BCUT2D eigenvalue weighted by Gasteiger charge is 2.27. The van der Waals surface area contributed by atoms with Gasteiger partial charge in [-0.1, -0.05) is 0 Å². The van der Waals surface area contributed by atoms with E-state index < -0.39 is 5.60 Å². The zero-order valence-electron chi connectivity index (χ0n) is 11.9. The minimum atomic E-state index is -0.956. The van der Waals surface area contributed by atoms with Crippen molar-refractivity contribution in [1.29, 1.82) is 0 Å². The van der Waals surface area contributed by atoms with Crippen LogP contribution in [0.5, 0.6) is 0 Å². The first-order valence-electron chi connectivity index (χ1n) is 6.44. The Balaban J connectivity index is 1.98. The summed E-state index contributed by atoms with van der Waals surface area (Å²) in [5.74, 6) is 2.48. The standard InChI is InChI=1S/C15H21NO3/c1-10-5-6-18-14(10)8-16-9-15(4,17)13-7-11(2)19-12(13)3/h5-7,16-17H,8-9H2,1-4H3. The van der Waals surface area contributed by atoms with Gasteiger partial charge in [0.1, 0.15) is 22.9 Å². The molecule has 0 saturated heterocycles. The van der Waals surface area contributed by atoms with Crippen LogP contribution in [-0.4, -0.2) is 11.7 Å². The van der Waals surface area contributed by atoms with Gasteiger partial charge in [-0.2, -0.15) is 0 Å². The van der Waals surface area contributed by atoms with Crippen molar-refractivity contribution in [3.8, 4) is 0 Å². The van der Waals surface area contributed by atoms with Gasteiger partial charge < -0.3 is 19.3 Å². The van der Waals surface area contributed by atoms with Gasteiger partial charge in [0.15, 0.2) is 0 Å². The summed E-state index contributed by atoms with van der Waals surface area (Å²) in [5.41, 5.74) is 0.985. The predicted octanol–water partition coefficient (Wildman–Crippen LogP) is 2.80. The molecule has 0 amide bonds. The maximum atomic E-state index is 10.5. The SMILES string of the molecule is Cc1cc(C(C)(O)CNCc2occc2C)c(C)o1. The molecule has 2 aromatic heterocycles. The molecule has 0 aliphatic carbocycles. The molecule has 0 fully saturated rings. The highest BCUT2D eigenvalue weighted by molar-refractivity contribution is 5.27. The third-order valence-corrected chi connectivity index (χ3v) is 3.34. The Hall–Kier alpha value is -1.52. The van der Waals surface area contributed by atoms with Crippen molar-refractivity contribution in [2.24, 2.45) is 0 Å². The van der Waals surface area contributed by atoms with Crippen molar-refractivity contribution >= 4 is 0 Å². The molecular weight excluding hydrogens is 242 g/mol. The first-order chi connectivity index (χ1) is 8.90. The van der Waals surface area contributed by atoms with Crippen LogP contribution in [0.15, 0.2) is 27.2 Å². The van der Waals surface area contributed by atoms with Crippen LogP contribution in [0.25, 0.3) is 0 Å². The van der Waals surface area contributed by atoms with E-state index in [9.17, 15) is 5.11 Å². The van der Waals surface area contributed by atoms with E-state index in [1.807, 2.05) is 32.9 Å². The molecule has 1 unspecified atom stereocenters. The van der Waals surface area contributed by atoms with Crippen LogP contribution in [0.3, 0.4) is 0 Å². The maximum Gasteiger partial charge on any atom is 0.120 e. The van der Waals surface area contributed by atoms with Crippen LogP contribution in [-0.2, 0) is 12.1 Å². The van der Waals surface area contributed by atoms with E-state index in [1.54, 1.807) is 13.2 Å². The van der Waals surface area contributed by atoms with Crippen LogP contribution in [0, 0.1) is 20.8 Å². The van der Waals surface area contributed by atoms with Crippen LogP contribution in [0.4, 0.5) is 0 Å². The average Bonchev–Trinajstić information content (AvgIpc) is 2.86. The number of hydrogen-bond donors (Lipinski definition) is 2. The fraction of sp³-hybridized carbons (Fsp3) is 0.467. The Bertz CT molecular complexity index is 551. The van der Waals surface area contributed by atoms with Crippen molar-refractivity contribution < 1.29 is 13.9 Å². The highest BCUT2D eigenvalue weighted by Crippen LogP contribution is 2.26. The Morgan fingerprint density at radius 2 is 2.05 bits per heavy atom. The number of rotatable bonds is 5. The minimum Gasteiger partial charge on any atom is -0.468 e. The molecule has 0 aromatic carbocycles. The van der Waals surface area contributed by atoms with Crippen molar-refractivity contribution in [2.45, 2.75) is 39.8 Å². The predicted molar refractivity (Wildman–Crippen MR) is 72.9 cm³/mol. The molecule has 0 spiro atoms. The smallest absolute Gasteiger partial charge is 0.120 e. The van der Waals surface area contributed by atoms with Gasteiger partial charge in [-0.15, -0.1) is 0 Å². The van der Waals surface area contributed by atoms with E-state index in [4.69, 9.17) is 8.83 Å². The quantitative estimate of drug-likeness (QED) is 0.871. The van der Waals surface area contributed by atoms with Gasteiger partial charge in [-0.05, 0) is 45.4 Å². The Morgan fingerprint density at radius 1 is 1.32 bits per heavy atom. The molecule has 0 radical (unpaired) electrons. The number of hydrogen-bond acceptors (Lipinski definition) is 4. The van der Waals surface area contributed by atoms with Crippen molar-refractivity contribution in [2.75, 3.05) is 6.54 Å². The number of furan rings is 2. The van der Waals surface area contributed by atoms with Crippen molar-refractivity contribution in [3.05, 3.63) is 46.8 Å². The van der Waals surface area contributed by atoms with Crippen LogP contribution < -0.4 is 5.32 Å². The molecule has 104 valence electrons. The third-order valence-electron chi connectivity index (χ3n) is 3.34. The Morgan fingerprint density at radius 3 is 2.58 bits per heavy atom. The number of aryl methyl sites for hydroxylation is 3. The van der Waals surface area contributed by atoms with Gasteiger partial charge in [-0.3, -0.25) is 0 Å². The molecule has 0 aliphatic heterocycles. The molecule has 2 N–H and O–H groups in total. The Kier molecular flexibility index (Phi) is 3.83. The van der Waals surface area contributed by atoms with Gasteiger partial charge in [0.05, 0.1) is 12.8 Å². The first kappa shape index (κ1) is 13.9. The fourth-order valence-corrected chi connectivity index (χ4v) is 2.27. The summed E-state index contributed by atoms with van der Waals surface area (Å²) >= 11 is 0. The zero-order chi connectivity index (χ0) is 14.0. The van der Waals surface area contributed by atoms with E-state index in [0.717, 1.165) is 28.4 Å². The second-order valence-electron chi connectivity index (χ2n) is 5.23. The molecule has 19 heavy (non-hydrogen) atoms. The molecule has 4 nitrogen and oxygen atoms in total. The van der Waals surface area contributed by atoms with E-state index in [1.165, 1.54) is 0 Å². The summed E-state index contributed by atoms with van der Waals surface area (Å²) in [6.07, 6.45) is 1.67. The van der Waals surface area contributed by atoms with E-state index in [-0.39, 0.29) is 0 Å². The molecule has 0 saturated carbocycles. The summed E-state index contributed by atoms with van der Waals surface area (Å²) in [6.45, 7) is 8.58. The largest absolute Gasteiger partial charge is 0.468 e. The lowest BCUT2D eigenvalue weighted by Gasteiger charge is -2.23. The molecule has 1 atom stereocenters. The monoisotopic (exact) mass is 263 g/mol. The second kappa shape index (κ2) is 5.23. The maximum absolute atomic E-state index is 10.5. The van der Waals surface area contributed by atoms with Crippen LogP contribution in [0.1, 0.15) is 35.3 Å². The zero-order valence-corrected chi connectivity index (χ0v) is 11.9. The number of nitrogens with one attached hydrogen (secondary N) is 1. The highest BCUT2D eigenvalue weighted by atomic mass is 16.3. The molecule has 2 rings (SSSR count). The first-order valence-corrected chi connectivity index (χ1v) is 6.44. The molecule has 2 aromatic rings. The molecule has 2 heterocycles. The normalized spacial score (nSPS) is 14.6. The van der Waals surface area contributed by atoms with E-state index >= 15 is 0 Å². The third kappa shape index (κ3) is 3.08. The van der Waals surface area contributed by atoms with E-state index in [2.05, 4.69) is 5.32 Å². The number of aliphatic hydroxyl groups is 1. The Labute approximate surface area is 113 Å². The lowest BCUT2D eigenvalue weighted by atomic mass is 9.96. The lowest BCUT2D eigenvalue weighted by Crippen LogP contribution is -2.35. The van der Waals surface area contributed by atoms with Gasteiger partial charge in [0.2, 0.25) is 0 Å². The summed E-state index contributed by atoms with van der Waals surface area (Å²) in [5, 5.41) is 13.7. The van der Waals surface area contributed by atoms with Gasteiger partial charge in [0, 0.05) is 12.1 Å². The van der Waals surface area contributed by atoms with Gasteiger partial charge >= 0.3 is 0 Å². The fourth-order valence-electron chi connectivity index (χ4n) is 2.27. The molecular formula is C15H21NO3. The summed E-state index contributed by atoms with van der Waals surface area (Å²) in [6, 6.07) is 3.81. The van der Waals surface area contributed by atoms with Gasteiger partial charge in [0.25, 0.3) is 0 Å². The minimum absolute atomic E-state index is 0.437. The second-order valence-corrected chi connectivity index (χ2v) is 5.23. The van der Waals surface area contributed by atoms with Crippen LogP contribution in [0.2, 0.25) is 0 Å². The molecule has 4 heteroatoms. The summed E-state index contributed by atoms with van der Waals surface area (Å²) in [7, 11) is 0. The topological polar surface area (TPSA) is 58.5 Å². The average molecular weight is 263 g/mol.